The van der Waals surface area contributed by atoms with E-state index in [4.69, 9.17) is 16.3 Å². The van der Waals surface area contributed by atoms with Gasteiger partial charge in [0.2, 0.25) is 0 Å². The molecular weight excluding hydrogens is 172 g/mol. The molecule has 0 aromatic rings. The average Bonchev–Trinajstić information content (AvgIpc) is 2.57. The number of halogens is 1. The van der Waals surface area contributed by atoms with Crippen molar-refractivity contribution in [1.82, 2.24) is 0 Å². The van der Waals surface area contributed by atoms with Gasteiger partial charge in [0.05, 0.1) is 6.10 Å². The fourth-order valence-electron chi connectivity index (χ4n) is 1.64. The molecular formula is C10H19ClO. The second-order valence-electron chi connectivity index (χ2n) is 3.83. The van der Waals surface area contributed by atoms with E-state index in [0.29, 0.717) is 12.0 Å². The van der Waals surface area contributed by atoms with Crippen molar-refractivity contribution in [2.45, 2.75) is 45.1 Å². The Labute approximate surface area is 80.4 Å². The van der Waals surface area contributed by atoms with Crippen molar-refractivity contribution in [3.8, 4) is 0 Å². The third kappa shape index (κ3) is 3.77. The summed E-state index contributed by atoms with van der Waals surface area (Å²) in [7, 11) is 0. The average molecular weight is 191 g/mol. The van der Waals surface area contributed by atoms with Gasteiger partial charge in [0.1, 0.15) is 0 Å². The van der Waals surface area contributed by atoms with Gasteiger partial charge in [0.25, 0.3) is 0 Å². The zero-order chi connectivity index (χ0) is 8.81. The van der Waals surface area contributed by atoms with Crippen LogP contribution in [0.5, 0.6) is 0 Å². The smallest absolute Gasteiger partial charge is 0.0576 e. The van der Waals surface area contributed by atoms with Crippen molar-refractivity contribution in [2.75, 3.05) is 12.5 Å². The molecule has 72 valence electrons. The Morgan fingerprint density at radius 3 is 3.00 bits per heavy atom. The van der Waals surface area contributed by atoms with Crippen LogP contribution in [0.15, 0.2) is 0 Å². The molecule has 2 unspecified atom stereocenters. The minimum absolute atomic E-state index is 0.563. The lowest BCUT2D eigenvalue weighted by atomic mass is 10.0. The number of alkyl halides is 1. The normalized spacial score (nSPS) is 26.0. The van der Waals surface area contributed by atoms with Gasteiger partial charge in [0, 0.05) is 12.5 Å². The highest BCUT2D eigenvalue weighted by Crippen LogP contribution is 2.19. The first-order valence-corrected chi connectivity index (χ1v) is 5.54. The van der Waals surface area contributed by atoms with Gasteiger partial charge in [-0.25, -0.2) is 0 Å². The highest BCUT2D eigenvalue weighted by Gasteiger charge is 2.14. The van der Waals surface area contributed by atoms with Crippen molar-refractivity contribution < 1.29 is 4.74 Å². The van der Waals surface area contributed by atoms with Gasteiger partial charge in [-0.15, -0.1) is 11.6 Å². The molecule has 0 saturated carbocycles. The van der Waals surface area contributed by atoms with E-state index in [1.165, 1.54) is 32.1 Å². The quantitative estimate of drug-likeness (QED) is 0.605. The van der Waals surface area contributed by atoms with Crippen LogP contribution in [0.4, 0.5) is 0 Å². The summed E-state index contributed by atoms with van der Waals surface area (Å²) in [6, 6.07) is 0. The molecule has 0 N–H and O–H groups in total. The molecule has 12 heavy (non-hydrogen) atoms. The predicted molar refractivity (Wildman–Crippen MR) is 52.7 cm³/mol. The zero-order valence-electron chi connectivity index (χ0n) is 7.89. The van der Waals surface area contributed by atoms with Gasteiger partial charge in [-0.05, 0) is 31.6 Å². The first-order chi connectivity index (χ1) is 5.83. The summed E-state index contributed by atoms with van der Waals surface area (Å²) in [6.07, 6.45) is 6.86. The van der Waals surface area contributed by atoms with E-state index in [-0.39, 0.29) is 0 Å². The van der Waals surface area contributed by atoms with Crippen LogP contribution in [0.1, 0.15) is 39.0 Å². The summed E-state index contributed by atoms with van der Waals surface area (Å²) in [6.45, 7) is 3.19. The second-order valence-corrected chi connectivity index (χ2v) is 4.13. The first-order valence-electron chi connectivity index (χ1n) is 5.00. The molecule has 0 aliphatic carbocycles. The largest absolute Gasteiger partial charge is 0.378 e. The van der Waals surface area contributed by atoms with Crippen molar-refractivity contribution in [3.63, 3.8) is 0 Å². The lowest BCUT2D eigenvalue weighted by Gasteiger charge is -2.10. The van der Waals surface area contributed by atoms with Gasteiger partial charge in [-0.2, -0.15) is 0 Å². The van der Waals surface area contributed by atoms with Gasteiger partial charge in [0.15, 0.2) is 0 Å². The Kier molecular flexibility index (Phi) is 5.01. The van der Waals surface area contributed by atoms with Crippen LogP contribution in [0.3, 0.4) is 0 Å². The van der Waals surface area contributed by atoms with E-state index < -0.39 is 0 Å². The van der Waals surface area contributed by atoms with Crippen LogP contribution in [0.2, 0.25) is 0 Å². The number of rotatable bonds is 5. The maximum Gasteiger partial charge on any atom is 0.0576 e. The van der Waals surface area contributed by atoms with Crippen LogP contribution >= 0.6 is 11.6 Å². The van der Waals surface area contributed by atoms with Crippen LogP contribution < -0.4 is 0 Å². The lowest BCUT2D eigenvalue weighted by molar-refractivity contribution is 0.101. The third-order valence-corrected chi connectivity index (χ3v) is 3.04. The minimum atomic E-state index is 0.563. The summed E-state index contributed by atoms with van der Waals surface area (Å²) in [5.41, 5.74) is 0. The van der Waals surface area contributed by atoms with Gasteiger partial charge < -0.3 is 4.74 Å². The Bertz CT molecular complexity index is 110. The third-order valence-electron chi connectivity index (χ3n) is 2.51. The molecule has 1 rings (SSSR count). The lowest BCUT2D eigenvalue weighted by Crippen LogP contribution is -2.05. The second kappa shape index (κ2) is 5.82. The Balaban J connectivity index is 1.94. The van der Waals surface area contributed by atoms with Crippen LogP contribution in [0, 0.1) is 5.92 Å². The monoisotopic (exact) mass is 190 g/mol. The van der Waals surface area contributed by atoms with Crippen LogP contribution in [-0.4, -0.2) is 18.6 Å². The first kappa shape index (κ1) is 10.3. The summed E-state index contributed by atoms with van der Waals surface area (Å²) in [4.78, 5) is 0. The van der Waals surface area contributed by atoms with Crippen molar-refractivity contribution in [2.24, 2.45) is 5.92 Å². The van der Waals surface area contributed by atoms with Crippen molar-refractivity contribution in [3.05, 3.63) is 0 Å². The topological polar surface area (TPSA) is 9.23 Å². The van der Waals surface area contributed by atoms with Crippen molar-refractivity contribution in [1.29, 1.82) is 0 Å². The van der Waals surface area contributed by atoms with E-state index in [1.54, 1.807) is 0 Å². The van der Waals surface area contributed by atoms with E-state index in [1.807, 2.05) is 0 Å². The molecule has 1 saturated heterocycles. The molecule has 1 aliphatic rings. The molecule has 1 fully saturated rings. The molecule has 2 atom stereocenters. The van der Waals surface area contributed by atoms with Crippen molar-refractivity contribution >= 4 is 11.6 Å². The molecule has 0 spiro atoms. The number of hydrogen-bond donors (Lipinski definition) is 0. The van der Waals surface area contributed by atoms with Gasteiger partial charge in [-0.1, -0.05) is 13.3 Å². The van der Waals surface area contributed by atoms with E-state index in [9.17, 15) is 0 Å². The number of hydrogen-bond acceptors (Lipinski definition) is 1. The highest BCUT2D eigenvalue weighted by molar-refractivity contribution is 6.18. The summed E-state index contributed by atoms with van der Waals surface area (Å²) in [5, 5.41) is 0. The number of ether oxygens (including phenoxy) is 1. The van der Waals surface area contributed by atoms with Crippen LogP contribution in [-0.2, 0) is 4.74 Å². The highest BCUT2D eigenvalue weighted by atomic mass is 35.5. The fraction of sp³-hybridized carbons (Fsp3) is 1.00. The molecule has 0 amide bonds. The Hall–Kier alpha value is 0.250. The SMILES string of the molecule is CC(CCl)CCCC1CCCO1. The standard InChI is InChI=1S/C10H19ClO/c1-9(8-11)4-2-5-10-6-3-7-12-10/h9-10H,2-8H2,1H3. The van der Waals surface area contributed by atoms with E-state index in [0.717, 1.165) is 12.5 Å². The summed E-state index contributed by atoms with van der Waals surface area (Å²) in [5.74, 6) is 1.47. The fourth-order valence-corrected chi connectivity index (χ4v) is 1.80. The molecule has 0 bridgehead atoms. The summed E-state index contributed by atoms with van der Waals surface area (Å²) >= 11 is 5.72. The Morgan fingerprint density at radius 2 is 2.42 bits per heavy atom. The molecule has 2 heteroatoms. The molecule has 0 aromatic heterocycles. The van der Waals surface area contributed by atoms with Gasteiger partial charge >= 0.3 is 0 Å². The van der Waals surface area contributed by atoms with Crippen LogP contribution in [0.25, 0.3) is 0 Å². The zero-order valence-corrected chi connectivity index (χ0v) is 8.65. The molecule has 1 heterocycles. The maximum absolute atomic E-state index is 5.72. The molecule has 1 nitrogen and oxygen atoms in total. The van der Waals surface area contributed by atoms with Gasteiger partial charge in [-0.3, -0.25) is 0 Å². The molecule has 0 radical (unpaired) electrons. The minimum Gasteiger partial charge on any atom is -0.378 e. The molecule has 0 aromatic carbocycles. The summed E-state index contributed by atoms with van der Waals surface area (Å²) < 4.78 is 5.54. The predicted octanol–water partition coefficient (Wildman–Crippen LogP) is 3.21. The molecule has 1 aliphatic heterocycles. The van der Waals surface area contributed by atoms with E-state index >= 15 is 0 Å². The van der Waals surface area contributed by atoms with E-state index in [2.05, 4.69) is 6.92 Å². The Morgan fingerprint density at radius 1 is 1.58 bits per heavy atom. The maximum atomic E-state index is 5.72.